The Balaban J connectivity index is 1.63. The second-order valence-electron chi connectivity index (χ2n) is 6.54. The molecule has 4 heteroatoms. The Labute approximate surface area is 151 Å². The highest BCUT2D eigenvalue weighted by molar-refractivity contribution is 6.01. The van der Waals surface area contributed by atoms with Crippen molar-refractivity contribution in [2.24, 2.45) is 5.10 Å². The lowest BCUT2D eigenvalue weighted by atomic mass is 9.96. The fraction of sp³-hybridized carbons (Fsp3) is 0.136. The van der Waals surface area contributed by atoms with E-state index >= 15 is 0 Å². The number of hydrogen-bond donors (Lipinski definition) is 0. The summed E-state index contributed by atoms with van der Waals surface area (Å²) in [5.74, 6) is 0.519. The zero-order chi connectivity index (χ0) is 17.5. The fourth-order valence-electron chi connectivity index (χ4n) is 3.72. The van der Waals surface area contributed by atoms with Crippen molar-refractivity contribution in [3.8, 4) is 5.75 Å². The molecule has 0 N–H and O–H groups in total. The Morgan fingerprint density at radius 2 is 1.54 bits per heavy atom. The summed E-state index contributed by atoms with van der Waals surface area (Å²) < 4.78 is 20.6. The highest BCUT2D eigenvalue weighted by Gasteiger charge is 2.41. The molecule has 2 aliphatic heterocycles. The third kappa shape index (κ3) is 2.37. The van der Waals surface area contributed by atoms with Crippen molar-refractivity contribution in [3.63, 3.8) is 0 Å². The molecular formula is C22H17FN2O. The lowest BCUT2D eigenvalue weighted by molar-refractivity contribution is -0.0212. The Morgan fingerprint density at radius 3 is 2.35 bits per heavy atom. The Kier molecular flexibility index (Phi) is 3.49. The van der Waals surface area contributed by atoms with E-state index in [9.17, 15) is 4.39 Å². The predicted molar refractivity (Wildman–Crippen MR) is 98.4 cm³/mol. The van der Waals surface area contributed by atoms with Crippen LogP contribution in [-0.2, 0) is 0 Å². The lowest BCUT2D eigenvalue weighted by Gasteiger charge is -2.38. The molecule has 2 heterocycles. The van der Waals surface area contributed by atoms with Crippen LogP contribution in [0.4, 0.5) is 4.39 Å². The van der Waals surface area contributed by atoms with Gasteiger partial charge in [0.15, 0.2) is 0 Å². The van der Waals surface area contributed by atoms with Crippen LogP contribution in [0.3, 0.4) is 0 Å². The van der Waals surface area contributed by atoms with E-state index in [2.05, 4.69) is 18.2 Å². The third-order valence-electron chi connectivity index (χ3n) is 4.98. The van der Waals surface area contributed by atoms with Crippen LogP contribution in [0, 0.1) is 5.82 Å². The summed E-state index contributed by atoms with van der Waals surface area (Å²) >= 11 is 0. The van der Waals surface area contributed by atoms with Crippen molar-refractivity contribution in [3.05, 3.63) is 101 Å². The predicted octanol–water partition coefficient (Wildman–Crippen LogP) is 5.07. The van der Waals surface area contributed by atoms with E-state index < -0.39 is 6.23 Å². The summed E-state index contributed by atoms with van der Waals surface area (Å²) in [4.78, 5) is 0. The van der Waals surface area contributed by atoms with Gasteiger partial charge in [0.1, 0.15) is 11.6 Å². The van der Waals surface area contributed by atoms with Crippen molar-refractivity contribution in [2.45, 2.75) is 18.7 Å². The topological polar surface area (TPSA) is 24.8 Å². The van der Waals surface area contributed by atoms with Crippen LogP contribution in [0.2, 0.25) is 0 Å². The number of benzene rings is 3. The van der Waals surface area contributed by atoms with E-state index in [4.69, 9.17) is 9.84 Å². The minimum absolute atomic E-state index is 0.0414. The van der Waals surface area contributed by atoms with Crippen LogP contribution < -0.4 is 4.74 Å². The monoisotopic (exact) mass is 344 g/mol. The second kappa shape index (κ2) is 5.99. The molecule has 0 amide bonds. The number of para-hydroxylation sites is 1. The van der Waals surface area contributed by atoms with Gasteiger partial charge < -0.3 is 4.74 Å². The maximum atomic E-state index is 14.5. The third-order valence-corrected chi connectivity index (χ3v) is 4.98. The van der Waals surface area contributed by atoms with Crippen LogP contribution in [-0.4, -0.2) is 10.7 Å². The van der Waals surface area contributed by atoms with E-state index in [1.54, 1.807) is 12.1 Å². The summed E-state index contributed by atoms with van der Waals surface area (Å²) in [6, 6.07) is 24.9. The van der Waals surface area contributed by atoms with Gasteiger partial charge in [0.2, 0.25) is 6.23 Å². The van der Waals surface area contributed by atoms with Crippen molar-refractivity contribution in [1.29, 1.82) is 0 Å². The fourth-order valence-corrected chi connectivity index (χ4v) is 3.72. The van der Waals surface area contributed by atoms with Crippen LogP contribution in [0.15, 0.2) is 84.0 Å². The highest BCUT2D eigenvalue weighted by Crippen LogP contribution is 2.47. The molecule has 3 nitrogen and oxygen atoms in total. The summed E-state index contributed by atoms with van der Waals surface area (Å²) in [7, 11) is 0. The van der Waals surface area contributed by atoms with Gasteiger partial charge in [0, 0.05) is 12.0 Å². The Morgan fingerprint density at radius 1 is 0.846 bits per heavy atom. The first-order chi connectivity index (χ1) is 12.8. The van der Waals surface area contributed by atoms with Crippen molar-refractivity contribution >= 4 is 5.71 Å². The standard InChI is InChI=1S/C22H17FN2O/c23-18-12-6-4-10-16(18)22-25-20(17-11-5-7-13-21(17)26-22)14-19(24-25)15-8-2-1-3-9-15/h1-13,20,22H,14H2/t20-,22+/m1/s1. The van der Waals surface area contributed by atoms with Gasteiger partial charge in [-0.1, -0.05) is 66.7 Å². The number of halogens is 1. The number of hydrogen-bond acceptors (Lipinski definition) is 3. The van der Waals surface area contributed by atoms with E-state index in [0.717, 1.165) is 29.0 Å². The maximum Gasteiger partial charge on any atom is 0.216 e. The van der Waals surface area contributed by atoms with Gasteiger partial charge in [-0.3, -0.25) is 0 Å². The molecule has 26 heavy (non-hydrogen) atoms. The quantitative estimate of drug-likeness (QED) is 0.648. The van der Waals surface area contributed by atoms with Gasteiger partial charge in [-0.2, -0.15) is 5.10 Å². The molecular weight excluding hydrogens is 327 g/mol. The van der Waals surface area contributed by atoms with Crippen LogP contribution in [0.25, 0.3) is 0 Å². The summed E-state index contributed by atoms with van der Waals surface area (Å²) in [6.07, 6.45) is 0.201. The molecule has 0 unspecified atom stereocenters. The van der Waals surface area contributed by atoms with Gasteiger partial charge in [-0.25, -0.2) is 9.40 Å². The van der Waals surface area contributed by atoms with Gasteiger partial charge >= 0.3 is 0 Å². The van der Waals surface area contributed by atoms with Crippen LogP contribution in [0.1, 0.15) is 35.4 Å². The van der Waals surface area contributed by atoms with Gasteiger partial charge in [0.25, 0.3) is 0 Å². The first kappa shape index (κ1) is 15.1. The summed E-state index contributed by atoms with van der Waals surface area (Å²) in [6.45, 7) is 0. The molecule has 0 aromatic heterocycles. The van der Waals surface area contributed by atoms with E-state index in [0.29, 0.717) is 5.56 Å². The molecule has 0 bridgehead atoms. The average molecular weight is 344 g/mol. The average Bonchev–Trinajstić information content (AvgIpc) is 3.14. The molecule has 2 atom stereocenters. The molecule has 0 fully saturated rings. The number of nitrogens with zero attached hydrogens (tertiary/aromatic N) is 2. The number of ether oxygens (including phenoxy) is 1. The first-order valence-electron chi connectivity index (χ1n) is 8.72. The SMILES string of the molecule is Fc1ccccc1[C@@H]1Oc2ccccc2[C@H]2CC(c3ccccc3)=NN21. The minimum atomic E-state index is -0.572. The van der Waals surface area contributed by atoms with Crippen molar-refractivity contribution in [1.82, 2.24) is 5.01 Å². The molecule has 3 aromatic carbocycles. The van der Waals surface area contributed by atoms with Gasteiger partial charge in [-0.15, -0.1) is 0 Å². The number of rotatable bonds is 2. The van der Waals surface area contributed by atoms with E-state index in [1.165, 1.54) is 6.07 Å². The second-order valence-corrected chi connectivity index (χ2v) is 6.54. The molecule has 5 rings (SSSR count). The molecule has 2 aliphatic rings. The Bertz CT molecular complexity index is 986. The van der Waals surface area contributed by atoms with Crippen molar-refractivity contribution in [2.75, 3.05) is 0 Å². The molecule has 0 radical (unpaired) electrons. The van der Waals surface area contributed by atoms with Crippen LogP contribution >= 0.6 is 0 Å². The van der Waals surface area contributed by atoms with Gasteiger partial charge in [-0.05, 0) is 17.7 Å². The minimum Gasteiger partial charge on any atom is -0.464 e. The summed E-state index contributed by atoms with van der Waals surface area (Å²) in [5, 5.41) is 6.74. The van der Waals surface area contributed by atoms with E-state index in [1.807, 2.05) is 47.5 Å². The molecule has 128 valence electrons. The first-order valence-corrected chi connectivity index (χ1v) is 8.72. The zero-order valence-corrected chi connectivity index (χ0v) is 14.0. The number of fused-ring (bicyclic) bond motifs is 3. The van der Waals surface area contributed by atoms with Gasteiger partial charge in [0.05, 0.1) is 17.3 Å². The largest absolute Gasteiger partial charge is 0.464 e. The Hall–Kier alpha value is -3.14. The number of hydrazone groups is 1. The molecule has 0 saturated carbocycles. The van der Waals surface area contributed by atoms with Crippen molar-refractivity contribution < 1.29 is 9.13 Å². The molecule has 0 aliphatic carbocycles. The highest BCUT2D eigenvalue weighted by atomic mass is 19.1. The lowest BCUT2D eigenvalue weighted by Crippen LogP contribution is -2.34. The smallest absolute Gasteiger partial charge is 0.216 e. The normalized spacial score (nSPS) is 20.8. The summed E-state index contributed by atoms with van der Waals surface area (Å²) in [5.41, 5.74) is 3.68. The zero-order valence-electron chi connectivity index (χ0n) is 14.0. The van der Waals surface area contributed by atoms with E-state index in [-0.39, 0.29) is 11.9 Å². The maximum absolute atomic E-state index is 14.5. The molecule has 0 spiro atoms. The van der Waals surface area contributed by atoms with Crippen LogP contribution in [0.5, 0.6) is 5.75 Å². The molecule has 3 aromatic rings. The molecule has 0 saturated heterocycles.